The first-order valence-electron chi connectivity index (χ1n) is 8.08. The lowest BCUT2D eigenvalue weighted by Crippen LogP contribution is -2.46. The molecule has 2 aromatic carbocycles. The van der Waals surface area contributed by atoms with Crippen molar-refractivity contribution in [2.24, 2.45) is 0 Å². The van der Waals surface area contributed by atoms with E-state index in [1.54, 1.807) is 6.07 Å². The second kappa shape index (κ2) is 5.64. The van der Waals surface area contributed by atoms with Crippen LogP contribution < -0.4 is 5.32 Å². The van der Waals surface area contributed by atoms with Crippen molar-refractivity contribution in [1.29, 1.82) is 0 Å². The quantitative estimate of drug-likeness (QED) is 0.849. The maximum atomic E-state index is 13.2. The molecular weight excluding hydrogens is 324 g/mol. The number of fused-ring (bicyclic) bond motifs is 2. The Labute approximate surface area is 145 Å². The van der Waals surface area contributed by atoms with Crippen LogP contribution in [0.5, 0.6) is 0 Å². The van der Waals surface area contributed by atoms with Gasteiger partial charge in [0.2, 0.25) is 0 Å². The van der Waals surface area contributed by atoms with Gasteiger partial charge in [-0.1, -0.05) is 54.1 Å². The van der Waals surface area contributed by atoms with Crippen LogP contribution in [0.3, 0.4) is 0 Å². The minimum Gasteiger partial charge on any atom is -0.319 e. The number of nitrogens with one attached hydrogen (secondary N) is 1. The van der Waals surface area contributed by atoms with Crippen LogP contribution in [-0.2, 0) is 23.3 Å². The molecule has 1 heterocycles. The van der Waals surface area contributed by atoms with Crippen LogP contribution in [-0.4, -0.2) is 16.8 Å². The Morgan fingerprint density at radius 1 is 1.08 bits per heavy atom. The highest BCUT2D eigenvalue weighted by atomic mass is 35.5. The Balaban J connectivity index is 1.71. The molecule has 0 bridgehead atoms. The molecule has 1 atom stereocenters. The summed E-state index contributed by atoms with van der Waals surface area (Å²) in [7, 11) is 0. The summed E-state index contributed by atoms with van der Waals surface area (Å²) >= 11 is 6.19. The molecule has 4 nitrogen and oxygen atoms in total. The van der Waals surface area contributed by atoms with E-state index < -0.39 is 5.54 Å². The van der Waals surface area contributed by atoms with Gasteiger partial charge < -0.3 is 5.32 Å². The van der Waals surface area contributed by atoms with Crippen LogP contribution in [0.15, 0.2) is 48.5 Å². The van der Waals surface area contributed by atoms with Gasteiger partial charge in [0.25, 0.3) is 5.91 Å². The average Bonchev–Trinajstić information content (AvgIpc) is 2.82. The third-order valence-electron chi connectivity index (χ3n) is 4.94. The Morgan fingerprint density at radius 3 is 2.67 bits per heavy atom. The second-order valence-electron chi connectivity index (χ2n) is 6.33. The summed E-state index contributed by atoms with van der Waals surface area (Å²) in [6.45, 7) is 0.189. The first-order valence-corrected chi connectivity index (χ1v) is 8.45. The maximum absolute atomic E-state index is 13.2. The molecule has 5 heteroatoms. The minimum absolute atomic E-state index is 0.181. The van der Waals surface area contributed by atoms with Crippen LogP contribution in [0.4, 0.5) is 4.79 Å². The largest absolute Gasteiger partial charge is 0.325 e. The standard InChI is InChI=1S/C19H17ClN2O2/c20-16-10-4-2-7-14(16)12-22-17(23)19(21-18(22)24)11-5-8-13-6-1-3-9-15(13)19/h1-4,6-7,9-10H,5,8,11-12H2,(H,21,24). The molecule has 4 rings (SSSR count). The molecule has 1 aliphatic heterocycles. The van der Waals surface area contributed by atoms with Crippen molar-refractivity contribution in [2.45, 2.75) is 31.3 Å². The number of amides is 3. The third kappa shape index (κ3) is 2.21. The van der Waals surface area contributed by atoms with Crippen molar-refractivity contribution in [2.75, 3.05) is 0 Å². The molecule has 0 saturated carbocycles. The van der Waals surface area contributed by atoms with Crippen molar-refractivity contribution in [3.05, 3.63) is 70.2 Å². The van der Waals surface area contributed by atoms with E-state index >= 15 is 0 Å². The molecule has 1 fully saturated rings. The number of benzene rings is 2. The van der Waals surface area contributed by atoms with Crippen LogP contribution in [0.25, 0.3) is 0 Å². The third-order valence-corrected chi connectivity index (χ3v) is 5.31. The fourth-order valence-electron chi connectivity index (χ4n) is 3.75. The molecule has 0 aromatic heterocycles. The van der Waals surface area contributed by atoms with E-state index in [4.69, 9.17) is 11.6 Å². The Bertz CT molecular complexity index is 836. The Hall–Kier alpha value is -2.33. The summed E-state index contributed by atoms with van der Waals surface area (Å²) in [4.78, 5) is 27.0. The van der Waals surface area contributed by atoms with Crippen molar-refractivity contribution >= 4 is 23.5 Å². The monoisotopic (exact) mass is 340 g/mol. The smallest absolute Gasteiger partial charge is 0.319 e. The number of carbonyl (C=O) groups excluding carboxylic acids is 2. The lowest BCUT2D eigenvalue weighted by atomic mass is 9.76. The van der Waals surface area contributed by atoms with Crippen molar-refractivity contribution < 1.29 is 9.59 Å². The minimum atomic E-state index is -0.923. The summed E-state index contributed by atoms with van der Waals surface area (Å²) in [6, 6.07) is 14.8. The number of aryl methyl sites for hydroxylation is 1. The van der Waals surface area contributed by atoms with Crippen molar-refractivity contribution in [3.8, 4) is 0 Å². The average molecular weight is 341 g/mol. The lowest BCUT2D eigenvalue weighted by Gasteiger charge is -2.33. The van der Waals surface area contributed by atoms with Gasteiger partial charge in [-0.2, -0.15) is 0 Å². The van der Waals surface area contributed by atoms with Crippen molar-refractivity contribution in [1.82, 2.24) is 10.2 Å². The molecule has 1 saturated heterocycles. The van der Waals surface area contributed by atoms with Crippen LogP contribution in [0, 0.1) is 0 Å². The maximum Gasteiger partial charge on any atom is 0.325 e. The summed E-state index contributed by atoms with van der Waals surface area (Å²) < 4.78 is 0. The molecular formula is C19H17ClN2O2. The molecule has 1 N–H and O–H groups in total. The van der Waals surface area contributed by atoms with Gasteiger partial charge in [0.1, 0.15) is 5.54 Å². The predicted octanol–water partition coefficient (Wildman–Crippen LogP) is 3.62. The zero-order valence-corrected chi connectivity index (χ0v) is 13.8. The Kier molecular flexibility index (Phi) is 3.57. The first-order chi connectivity index (χ1) is 11.6. The van der Waals surface area contributed by atoms with Gasteiger partial charge in [0, 0.05) is 5.02 Å². The van der Waals surface area contributed by atoms with E-state index in [2.05, 4.69) is 5.32 Å². The molecule has 24 heavy (non-hydrogen) atoms. The SMILES string of the molecule is O=C1NC2(CCCc3ccccc32)C(=O)N1Cc1ccccc1Cl. The number of urea groups is 1. The lowest BCUT2D eigenvalue weighted by molar-refractivity contribution is -0.132. The number of halogens is 1. The highest BCUT2D eigenvalue weighted by Crippen LogP contribution is 2.40. The van der Waals surface area contributed by atoms with Gasteiger partial charge in [0.15, 0.2) is 0 Å². The van der Waals surface area contributed by atoms with E-state index in [9.17, 15) is 9.59 Å². The van der Waals surface area contributed by atoms with E-state index in [1.165, 1.54) is 4.90 Å². The van der Waals surface area contributed by atoms with E-state index in [0.29, 0.717) is 11.4 Å². The normalized spacial score (nSPS) is 22.6. The summed E-state index contributed by atoms with van der Waals surface area (Å²) in [6.07, 6.45) is 2.45. The fourth-order valence-corrected chi connectivity index (χ4v) is 3.95. The van der Waals surface area contributed by atoms with E-state index in [-0.39, 0.29) is 18.5 Å². The number of nitrogens with zero attached hydrogens (tertiary/aromatic N) is 1. The topological polar surface area (TPSA) is 49.4 Å². The Morgan fingerprint density at radius 2 is 1.83 bits per heavy atom. The second-order valence-corrected chi connectivity index (χ2v) is 6.74. The van der Waals surface area contributed by atoms with Gasteiger partial charge in [0.05, 0.1) is 6.54 Å². The van der Waals surface area contributed by atoms with Gasteiger partial charge in [-0.3, -0.25) is 9.69 Å². The van der Waals surface area contributed by atoms with E-state index in [0.717, 1.165) is 29.5 Å². The van der Waals surface area contributed by atoms with Crippen LogP contribution >= 0.6 is 11.6 Å². The molecule has 2 aromatic rings. The molecule has 3 amide bonds. The van der Waals surface area contributed by atoms with Crippen LogP contribution in [0.1, 0.15) is 29.5 Å². The van der Waals surface area contributed by atoms with Crippen LogP contribution in [0.2, 0.25) is 5.02 Å². The van der Waals surface area contributed by atoms with Gasteiger partial charge in [-0.05, 0) is 42.0 Å². The molecule has 2 aliphatic rings. The van der Waals surface area contributed by atoms with Gasteiger partial charge in [-0.15, -0.1) is 0 Å². The number of carbonyl (C=O) groups is 2. The first kappa shape index (κ1) is 15.2. The summed E-state index contributed by atoms with van der Waals surface area (Å²) in [5.41, 5.74) is 1.91. The molecule has 1 unspecified atom stereocenters. The zero-order valence-electron chi connectivity index (χ0n) is 13.1. The highest BCUT2D eigenvalue weighted by Gasteiger charge is 2.53. The van der Waals surface area contributed by atoms with Gasteiger partial charge >= 0.3 is 6.03 Å². The number of hydrogen-bond acceptors (Lipinski definition) is 2. The molecule has 1 spiro atoms. The summed E-state index contributed by atoms with van der Waals surface area (Å²) in [5, 5.41) is 3.52. The number of hydrogen-bond donors (Lipinski definition) is 1. The number of rotatable bonds is 2. The van der Waals surface area contributed by atoms with Crippen molar-refractivity contribution in [3.63, 3.8) is 0 Å². The summed E-state index contributed by atoms with van der Waals surface area (Å²) in [5.74, 6) is -0.181. The van der Waals surface area contributed by atoms with E-state index in [1.807, 2.05) is 42.5 Å². The van der Waals surface area contributed by atoms with Gasteiger partial charge in [-0.25, -0.2) is 4.79 Å². The zero-order chi connectivity index (χ0) is 16.7. The molecule has 1 aliphatic carbocycles. The number of imide groups is 1. The fraction of sp³-hybridized carbons (Fsp3) is 0.263. The highest BCUT2D eigenvalue weighted by molar-refractivity contribution is 6.31. The molecule has 0 radical (unpaired) electrons. The predicted molar refractivity (Wildman–Crippen MR) is 91.6 cm³/mol. The molecule has 122 valence electrons.